The van der Waals surface area contributed by atoms with E-state index < -0.39 is 0 Å². The van der Waals surface area contributed by atoms with Crippen LogP contribution in [0, 0.1) is 6.92 Å². The van der Waals surface area contributed by atoms with Crippen molar-refractivity contribution in [1.82, 2.24) is 15.3 Å². The first-order valence-corrected chi connectivity index (χ1v) is 11.8. The van der Waals surface area contributed by atoms with Crippen molar-refractivity contribution in [3.63, 3.8) is 0 Å². The van der Waals surface area contributed by atoms with Gasteiger partial charge in [0.15, 0.2) is 5.13 Å². The predicted octanol–water partition coefficient (Wildman–Crippen LogP) is 5.68. The van der Waals surface area contributed by atoms with Gasteiger partial charge in [0, 0.05) is 28.9 Å². The number of aromatic nitrogens is 2. The molecular weight excluding hydrogens is 432 g/mol. The molecule has 0 radical (unpaired) electrons. The molecule has 1 atom stereocenters. The summed E-state index contributed by atoms with van der Waals surface area (Å²) in [6, 6.07) is 15.6. The average Bonchev–Trinajstić information content (AvgIpc) is 3.26. The Labute approximate surface area is 197 Å². The Bertz CT molecular complexity index is 1330. The number of anilines is 1. The van der Waals surface area contributed by atoms with Gasteiger partial charge in [-0.15, -0.1) is 11.3 Å². The van der Waals surface area contributed by atoms with E-state index in [2.05, 4.69) is 15.6 Å². The van der Waals surface area contributed by atoms with Gasteiger partial charge >= 0.3 is 0 Å². The number of hydrogen-bond acceptors (Lipinski definition) is 5. The third-order valence-corrected chi connectivity index (χ3v) is 6.41. The first-order chi connectivity index (χ1) is 15.9. The zero-order valence-electron chi connectivity index (χ0n) is 19.1. The highest BCUT2D eigenvalue weighted by Gasteiger charge is 2.18. The number of nitrogens with zero attached hydrogens (tertiary/aromatic N) is 2. The molecule has 0 bridgehead atoms. The van der Waals surface area contributed by atoms with Crippen LogP contribution < -0.4 is 10.6 Å². The number of aryl methyl sites for hydroxylation is 1. The number of carbonyl (C=O) groups is 2. The van der Waals surface area contributed by atoms with Crippen LogP contribution in [0.4, 0.5) is 5.13 Å². The van der Waals surface area contributed by atoms with Crippen molar-refractivity contribution in [2.45, 2.75) is 40.2 Å². The van der Waals surface area contributed by atoms with Crippen molar-refractivity contribution < 1.29 is 9.59 Å². The SMILES string of the molecule is CCc1nc2ccccc2c(C(=O)Nc2nc(-c3ccc(C(C)NC(C)=O)cc3)cs2)c1C. The van der Waals surface area contributed by atoms with Gasteiger partial charge in [0.2, 0.25) is 5.91 Å². The second-order valence-corrected chi connectivity index (χ2v) is 8.82. The lowest BCUT2D eigenvalue weighted by atomic mass is 9.99. The molecule has 0 fully saturated rings. The number of thiazole rings is 1. The summed E-state index contributed by atoms with van der Waals surface area (Å²) in [5, 5.41) is 9.17. The molecule has 33 heavy (non-hydrogen) atoms. The molecule has 2 amide bonds. The van der Waals surface area contributed by atoms with Gasteiger partial charge in [-0.05, 0) is 37.5 Å². The largest absolute Gasteiger partial charge is 0.350 e. The number of nitrogens with one attached hydrogen (secondary N) is 2. The molecule has 168 valence electrons. The standard InChI is InChI=1S/C26H26N4O2S/c1-5-21-15(2)24(20-8-6-7-9-22(20)28-21)25(32)30-26-29-23(14-33-26)19-12-10-18(11-13-19)16(3)27-17(4)31/h6-14,16H,5H2,1-4H3,(H,27,31)(H,29,30,32). The fourth-order valence-corrected chi connectivity index (χ4v) is 4.66. The van der Waals surface area contributed by atoms with E-state index >= 15 is 0 Å². The molecule has 1 unspecified atom stereocenters. The van der Waals surface area contributed by atoms with Crippen molar-refractivity contribution in [2.75, 3.05) is 5.32 Å². The summed E-state index contributed by atoms with van der Waals surface area (Å²) in [5.74, 6) is -0.240. The third-order valence-electron chi connectivity index (χ3n) is 5.65. The fraction of sp³-hybridized carbons (Fsp3) is 0.231. The van der Waals surface area contributed by atoms with E-state index in [4.69, 9.17) is 4.98 Å². The molecule has 2 N–H and O–H groups in total. The smallest absolute Gasteiger partial charge is 0.258 e. The summed E-state index contributed by atoms with van der Waals surface area (Å²) in [5.41, 5.74) is 6.04. The number of carbonyl (C=O) groups excluding carboxylic acids is 2. The maximum Gasteiger partial charge on any atom is 0.258 e. The van der Waals surface area contributed by atoms with Gasteiger partial charge in [0.25, 0.3) is 5.91 Å². The van der Waals surface area contributed by atoms with Crippen LogP contribution >= 0.6 is 11.3 Å². The molecule has 6 nitrogen and oxygen atoms in total. The molecule has 4 rings (SSSR count). The van der Waals surface area contributed by atoms with Crippen LogP contribution in [0.2, 0.25) is 0 Å². The molecular formula is C26H26N4O2S. The van der Waals surface area contributed by atoms with Gasteiger partial charge in [-0.3, -0.25) is 19.9 Å². The summed E-state index contributed by atoms with van der Waals surface area (Å²) in [7, 11) is 0. The van der Waals surface area contributed by atoms with Crippen LogP contribution in [0.25, 0.3) is 22.2 Å². The van der Waals surface area contributed by atoms with Crippen molar-refractivity contribution in [2.24, 2.45) is 0 Å². The maximum atomic E-state index is 13.3. The number of fused-ring (bicyclic) bond motifs is 1. The highest BCUT2D eigenvalue weighted by atomic mass is 32.1. The van der Waals surface area contributed by atoms with E-state index in [-0.39, 0.29) is 17.9 Å². The first-order valence-electron chi connectivity index (χ1n) is 10.9. The molecule has 0 spiro atoms. The van der Waals surface area contributed by atoms with Crippen LogP contribution in [0.5, 0.6) is 0 Å². The minimum atomic E-state index is -0.179. The molecule has 2 heterocycles. The average molecular weight is 459 g/mol. The van der Waals surface area contributed by atoms with E-state index in [1.165, 1.54) is 18.3 Å². The summed E-state index contributed by atoms with van der Waals surface area (Å²) in [6.45, 7) is 7.45. The van der Waals surface area contributed by atoms with Gasteiger partial charge in [-0.2, -0.15) is 0 Å². The maximum absolute atomic E-state index is 13.3. The summed E-state index contributed by atoms with van der Waals surface area (Å²) >= 11 is 1.39. The molecule has 4 aromatic rings. The lowest BCUT2D eigenvalue weighted by Crippen LogP contribution is -2.23. The fourth-order valence-electron chi connectivity index (χ4n) is 3.95. The van der Waals surface area contributed by atoms with Gasteiger partial charge in [-0.1, -0.05) is 49.4 Å². The van der Waals surface area contributed by atoms with Gasteiger partial charge in [-0.25, -0.2) is 4.98 Å². The molecule has 2 aromatic heterocycles. The van der Waals surface area contributed by atoms with Crippen molar-refractivity contribution >= 4 is 39.2 Å². The van der Waals surface area contributed by atoms with Crippen LogP contribution in [0.15, 0.2) is 53.9 Å². The van der Waals surface area contributed by atoms with Gasteiger partial charge in [0.1, 0.15) is 0 Å². The van der Waals surface area contributed by atoms with E-state index in [1.807, 2.05) is 74.7 Å². The van der Waals surface area contributed by atoms with Crippen molar-refractivity contribution in [1.29, 1.82) is 0 Å². The highest BCUT2D eigenvalue weighted by Crippen LogP contribution is 2.28. The van der Waals surface area contributed by atoms with E-state index in [9.17, 15) is 9.59 Å². The molecule has 2 aromatic carbocycles. The Morgan fingerprint density at radius 3 is 2.48 bits per heavy atom. The minimum Gasteiger partial charge on any atom is -0.350 e. The molecule has 0 saturated heterocycles. The topological polar surface area (TPSA) is 84.0 Å². The van der Waals surface area contributed by atoms with Crippen LogP contribution in [-0.4, -0.2) is 21.8 Å². The number of para-hydroxylation sites is 1. The zero-order valence-corrected chi connectivity index (χ0v) is 19.9. The number of benzene rings is 2. The first kappa shape index (κ1) is 22.6. The molecule has 0 saturated carbocycles. The van der Waals surface area contributed by atoms with Gasteiger partial charge in [0.05, 0.1) is 22.8 Å². The minimum absolute atomic E-state index is 0.0604. The second-order valence-electron chi connectivity index (χ2n) is 7.97. The summed E-state index contributed by atoms with van der Waals surface area (Å²) in [4.78, 5) is 33.9. The van der Waals surface area contributed by atoms with E-state index in [1.54, 1.807) is 0 Å². The number of pyridine rings is 1. The van der Waals surface area contributed by atoms with Crippen molar-refractivity contribution in [3.8, 4) is 11.3 Å². The lowest BCUT2D eigenvalue weighted by Gasteiger charge is -2.13. The van der Waals surface area contributed by atoms with E-state index in [0.717, 1.165) is 45.4 Å². The van der Waals surface area contributed by atoms with Crippen LogP contribution in [0.3, 0.4) is 0 Å². The Morgan fingerprint density at radius 1 is 1.06 bits per heavy atom. The quantitative estimate of drug-likeness (QED) is 0.389. The zero-order chi connectivity index (χ0) is 23.5. The number of hydrogen-bond donors (Lipinski definition) is 2. The Balaban J connectivity index is 1.57. The normalized spacial score (nSPS) is 11.9. The van der Waals surface area contributed by atoms with Gasteiger partial charge < -0.3 is 5.32 Å². The lowest BCUT2D eigenvalue weighted by molar-refractivity contribution is -0.119. The molecule has 7 heteroatoms. The van der Waals surface area contributed by atoms with Crippen LogP contribution in [0.1, 0.15) is 54.0 Å². The van der Waals surface area contributed by atoms with Crippen LogP contribution in [-0.2, 0) is 11.2 Å². The number of amides is 2. The Hall–Kier alpha value is -3.58. The highest BCUT2D eigenvalue weighted by molar-refractivity contribution is 7.14. The second kappa shape index (κ2) is 9.50. The number of rotatable bonds is 6. The molecule has 0 aliphatic carbocycles. The Morgan fingerprint density at radius 2 is 1.79 bits per heavy atom. The molecule has 0 aliphatic heterocycles. The van der Waals surface area contributed by atoms with E-state index in [0.29, 0.717) is 10.7 Å². The monoisotopic (exact) mass is 458 g/mol. The third kappa shape index (κ3) is 4.78. The Kier molecular flexibility index (Phi) is 6.51. The summed E-state index contributed by atoms with van der Waals surface area (Å²) < 4.78 is 0. The molecule has 0 aliphatic rings. The predicted molar refractivity (Wildman–Crippen MR) is 134 cm³/mol. The summed E-state index contributed by atoms with van der Waals surface area (Å²) in [6.07, 6.45) is 0.759. The van der Waals surface area contributed by atoms with Crippen molar-refractivity contribution in [3.05, 3.63) is 76.3 Å².